The molecule has 2 nitrogen and oxygen atoms in total. The van der Waals surface area contributed by atoms with E-state index in [-0.39, 0.29) is 0 Å². The third-order valence-electron chi connectivity index (χ3n) is 3.01. The van der Waals surface area contributed by atoms with Gasteiger partial charge in [-0.15, -0.1) is 0 Å². The average Bonchev–Trinajstić information content (AvgIpc) is 2.52. The van der Waals surface area contributed by atoms with E-state index >= 15 is 0 Å². The number of hydrogen-bond acceptors (Lipinski definition) is 1. The van der Waals surface area contributed by atoms with Gasteiger partial charge in [0.1, 0.15) is 0 Å². The Balaban J connectivity index is 2.84. The average molecular weight is 202 g/mol. The summed E-state index contributed by atoms with van der Waals surface area (Å²) in [5.41, 5.74) is 9.79. The first-order valence-corrected chi connectivity index (χ1v) is 5.43. The number of nitrogens with zero attached hydrogens (tertiary/aromatic N) is 1. The molecule has 1 heterocycles. The zero-order valence-corrected chi connectivity index (χ0v) is 9.62. The number of benzene rings is 1. The van der Waals surface area contributed by atoms with E-state index in [2.05, 4.69) is 49.7 Å². The molecule has 15 heavy (non-hydrogen) atoms. The summed E-state index contributed by atoms with van der Waals surface area (Å²) in [6, 6.07) is 8.46. The number of para-hydroxylation sites is 1. The minimum atomic E-state index is 0.515. The quantitative estimate of drug-likeness (QED) is 0.797. The molecule has 0 fully saturated rings. The molecule has 80 valence electrons. The van der Waals surface area contributed by atoms with E-state index in [0.29, 0.717) is 12.5 Å². The van der Waals surface area contributed by atoms with Crippen molar-refractivity contribution in [1.82, 2.24) is 4.57 Å². The Bertz CT molecular complexity index is 480. The molecule has 1 aromatic heterocycles. The molecule has 2 heteroatoms. The van der Waals surface area contributed by atoms with E-state index < -0.39 is 0 Å². The maximum Gasteiger partial charge on any atom is 0.0483 e. The van der Waals surface area contributed by atoms with E-state index in [0.717, 1.165) is 0 Å². The Hall–Kier alpha value is -1.28. The maximum atomic E-state index is 5.85. The first-order chi connectivity index (χ1) is 7.16. The van der Waals surface area contributed by atoms with Gasteiger partial charge in [-0.05, 0) is 17.5 Å². The number of aromatic nitrogens is 1. The lowest BCUT2D eigenvalue weighted by atomic mass is 10.0. The molecular formula is C13H18N2. The van der Waals surface area contributed by atoms with Crippen molar-refractivity contribution < 1.29 is 0 Å². The second-order valence-electron chi connectivity index (χ2n) is 4.30. The first kappa shape index (κ1) is 10.2. The van der Waals surface area contributed by atoms with Crippen LogP contribution in [0.5, 0.6) is 0 Å². The van der Waals surface area contributed by atoms with Crippen LogP contribution in [-0.4, -0.2) is 4.57 Å². The van der Waals surface area contributed by atoms with Crippen LogP contribution in [0.2, 0.25) is 0 Å². The summed E-state index contributed by atoms with van der Waals surface area (Å²) >= 11 is 0. The molecule has 0 atom stereocenters. The lowest BCUT2D eigenvalue weighted by Gasteiger charge is -2.10. The molecule has 0 bridgehead atoms. The van der Waals surface area contributed by atoms with Gasteiger partial charge in [0.15, 0.2) is 0 Å². The van der Waals surface area contributed by atoms with Crippen LogP contribution in [0, 0.1) is 0 Å². The summed E-state index contributed by atoms with van der Waals surface area (Å²) in [5, 5.41) is 1.30. The summed E-state index contributed by atoms with van der Waals surface area (Å²) in [4.78, 5) is 0. The lowest BCUT2D eigenvalue weighted by Crippen LogP contribution is -2.05. The largest absolute Gasteiger partial charge is 0.347 e. The van der Waals surface area contributed by atoms with Crippen LogP contribution in [0.3, 0.4) is 0 Å². The van der Waals surface area contributed by atoms with E-state index in [4.69, 9.17) is 5.73 Å². The van der Waals surface area contributed by atoms with Gasteiger partial charge < -0.3 is 10.3 Å². The highest BCUT2D eigenvalue weighted by atomic mass is 15.0. The first-order valence-electron chi connectivity index (χ1n) is 5.43. The smallest absolute Gasteiger partial charge is 0.0483 e. The molecular weight excluding hydrogens is 184 g/mol. The SMILES string of the molecule is CC(C)c1c(CN)c2ccccc2n1C. The fraction of sp³-hybridized carbons (Fsp3) is 0.385. The minimum absolute atomic E-state index is 0.515. The molecule has 0 spiro atoms. The molecule has 0 aliphatic rings. The van der Waals surface area contributed by atoms with Crippen molar-refractivity contribution in [3.05, 3.63) is 35.5 Å². The van der Waals surface area contributed by atoms with Gasteiger partial charge in [-0.2, -0.15) is 0 Å². The number of nitrogens with two attached hydrogens (primary N) is 1. The third kappa shape index (κ3) is 1.45. The van der Waals surface area contributed by atoms with Gasteiger partial charge >= 0.3 is 0 Å². The molecule has 2 aromatic rings. The summed E-state index contributed by atoms with van der Waals surface area (Å²) in [5.74, 6) is 0.515. The van der Waals surface area contributed by atoms with Crippen molar-refractivity contribution in [3.8, 4) is 0 Å². The monoisotopic (exact) mass is 202 g/mol. The highest BCUT2D eigenvalue weighted by molar-refractivity contribution is 5.85. The summed E-state index contributed by atoms with van der Waals surface area (Å²) in [7, 11) is 2.12. The van der Waals surface area contributed by atoms with Crippen LogP contribution in [0.15, 0.2) is 24.3 Å². The topological polar surface area (TPSA) is 30.9 Å². The number of fused-ring (bicyclic) bond motifs is 1. The Morgan fingerprint density at radius 1 is 1.27 bits per heavy atom. The number of hydrogen-bond donors (Lipinski definition) is 1. The Morgan fingerprint density at radius 3 is 2.53 bits per heavy atom. The maximum absolute atomic E-state index is 5.85. The van der Waals surface area contributed by atoms with Crippen molar-refractivity contribution in [2.45, 2.75) is 26.3 Å². The Labute approximate surface area is 90.7 Å². The lowest BCUT2D eigenvalue weighted by molar-refractivity contribution is 0.739. The standard InChI is InChI=1S/C13H18N2/c1-9(2)13-11(8-14)10-6-4-5-7-12(10)15(13)3/h4-7,9H,8,14H2,1-3H3. The summed E-state index contributed by atoms with van der Waals surface area (Å²) < 4.78 is 2.27. The van der Waals surface area contributed by atoms with E-state index in [1.807, 2.05) is 0 Å². The van der Waals surface area contributed by atoms with Crippen molar-refractivity contribution in [2.75, 3.05) is 0 Å². The van der Waals surface area contributed by atoms with Gasteiger partial charge in [-0.25, -0.2) is 0 Å². The molecule has 0 radical (unpaired) electrons. The molecule has 1 aromatic carbocycles. The van der Waals surface area contributed by atoms with Crippen LogP contribution in [0.1, 0.15) is 31.0 Å². The van der Waals surface area contributed by atoms with Gasteiger partial charge in [-0.3, -0.25) is 0 Å². The second kappa shape index (κ2) is 3.70. The predicted octanol–water partition coefficient (Wildman–Crippen LogP) is 2.76. The van der Waals surface area contributed by atoms with E-state index in [1.54, 1.807) is 0 Å². The van der Waals surface area contributed by atoms with Crippen LogP contribution in [-0.2, 0) is 13.6 Å². The van der Waals surface area contributed by atoms with Gasteiger partial charge in [0.2, 0.25) is 0 Å². The van der Waals surface area contributed by atoms with Gasteiger partial charge in [-0.1, -0.05) is 32.0 Å². The fourth-order valence-electron chi connectivity index (χ4n) is 2.44. The molecule has 0 saturated carbocycles. The zero-order valence-electron chi connectivity index (χ0n) is 9.62. The molecule has 0 aliphatic heterocycles. The van der Waals surface area contributed by atoms with Crippen LogP contribution in [0.4, 0.5) is 0 Å². The molecule has 0 amide bonds. The molecule has 0 saturated heterocycles. The molecule has 0 aliphatic carbocycles. The van der Waals surface area contributed by atoms with Gasteiger partial charge in [0, 0.05) is 30.2 Å². The summed E-state index contributed by atoms with van der Waals surface area (Å²) in [6.07, 6.45) is 0. The highest BCUT2D eigenvalue weighted by Crippen LogP contribution is 2.29. The number of rotatable bonds is 2. The minimum Gasteiger partial charge on any atom is -0.347 e. The van der Waals surface area contributed by atoms with Crippen LogP contribution < -0.4 is 5.73 Å². The fourth-order valence-corrected chi connectivity index (χ4v) is 2.44. The molecule has 2 rings (SSSR count). The highest BCUT2D eigenvalue weighted by Gasteiger charge is 2.15. The summed E-state index contributed by atoms with van der Waals surface area (Å²) in [6.45, 7) is 5.05. The van der Waals surface area contributed by atoms with Crippen molar-refractivity contribution >= 4 is 10.9 Å². The van der Waals surface area contributed by atoms with Crippen molar-refractivity contribution in [2.24, 2.45) is 12.8 Å². The van der Waals surface area contributed by atoms with Crippen LogP contribution >= 0.6 is 0 Å². The van der Waals surface area contributed by atoms with E-state index in [9.17, 15) is 0 Å². The van der Waals surface area contributed by atoms with Crippen molar-refractivity contribution in [1.29, 1.82) is 0 Å². The third-order valence-corrected chi connectivity index (χ3v) is 3.01. The van der Waals surface area contributed by atoms with Gasteiger partial charge in [0.25, 0.3) is 0 Å². The zero-order chi connectivity index (χ0) is 11.0. The van der Waals surface area contributed by atoms with Crippen molar-refractivity contribution in [3.63, 3.8) is 0 Å². The molecule has 2 N–H and O–H groups in total. The number of aryl methyl sites for hydroxylation is 1. The Kier molecular flexibility index (Phi) is 2.53. The predicted molar refractivity (Wildman–Crippen MR) is 64.9 cm³/mol. The molecule has 0 unspecified atom stereocenters. The van der Waals surface area contributed by atoms with Gasteiger partial charge in [0.05, 0.1) is 0 Å². The van der Waals surface area contributed by atoms with Crippen LogP contribution in [0.25, 0.3) is 10.9 Å². The normalized spacial score (nSPS) is 11.5. The van der Waals surface area contributed by atoms with E-state index in [1.165, 1.54) is 22.2 Å². The second-order valence-corrected chi connectivity index (χ2v) is 4.30. The Morgan fingerprint density at radius 2 is 1.93 bits per heavy atom.